The van der Waals surface area contributed by atoms with Crippen molar-refractivity contribution in [2.24, 2.45) is 5.41 Å². The first-order chi connectivity index (χ1) is 9.69. The zero-order chi connectivity index (χ0) is 14.0. The maximum Gasteiger partial charge on any atom is 0.272 e. The molecule has 1 atom stereocenters. The molecule has 2 aliphatic rings. The maximum atomic E-state index is 12.6. The lowest BCUT2D eigenvalue weighted by atomic mass is 9.74. The van der Waals surface area contributed by atoms with E-state index in [1.54, 1.807) is 0 Å². The van der Waals surface area contributed by atoms with Gasteiger partial charge in [0.05, 0.1) is 0 Å². The average Bonchev–Trinajstić information content (AvgIpc) is 2.47. The molecule has 0 saturated carbocycles. The molecule has 3 heterocycles. The molecule has 108 valence electrons. The van der Waals surface area contributed by atoms with Crippen molar-refractivity contribution in [2.45, 2.75) is 32.6 Å². The van der Waals surface area contributed by atoms with E-state index in [-0.39, 0.29) is 5.91 Å². The van der Waals surface area contributed by atoms with Crippen LogP contribution in [0.5, 0.6) is 0 Å². The Hall–Kier alpha value is -1.42. The number of rotatable bonds is 1. The minimum absolute atomic E-state index is 0.0957. The second-order valence-corrected chi connectivity index (χ2v) is 6.27. The Labute approximate surface area is 120 Å². The lowest BCUT2D eigenvalue weighted by Crippen LogP contribution is -2.52. The number of nitrogens with one attached hydrogen (secondary N) is 1. The first-order valence-electron chi connectivity index (χ1n) is 7.62. The molecular formula is C16H23N3O. The minimum Gasteiger partial charge on any atom is -0.337 e. The lowest BCUT2D eigenvalue weighted by Gasteiger charge is -2.45. The summed E-state index contributed by atoms with van der Waals surface area (Å²) in [6, 6.07) is 5.67. The highest BCUT2D eigenvalue weighted by Gasteiger charge is 2.38. The van der Waals surface area contributed by atoms with Crippen LogP contribution in [-0.2, 0) is 0 Å². The Kier molecular flexibility index (Phi) is 3.74. The van der Waals surface area contributed by atoms with E-state index in [1.807, 2.05) is 30.0 Å². The van der Waals surface area contributed by atoms with Gasteiger partial charge in [-0.25, -0.2) is 4.98 Å². The van der Waals surface area contributed by atoms with E-state index >= 15 is 0 Å². The average molecular weight is 273 g/mol. The molecular weight excluding hydrogens is 250 g/mol. The summed E-state index contributed by atoms with van der Waals surface area (Å²) in [5.74, 6) is 0.0957. The van der Waals surface area contributed by atoms with Crippen LogP contribution in [0.15, 0.2) is 18.2 Å². The van der Waals surface area contributed by atoms with Gasteiger partial charge in [0.1, 0.15) is 5.69 Å². The molecule has 4 heteroatoms. The standard InChI is InChI=1S/C16H23N3O/c1-13-5-2-6-14(18-13)15(20)19-10-4-8-16(12-19)7-3-9-17-11-16/h2,5-6,17H,3-4,7-12H2,1H3. The van der Waals surface area contributed by atoms with Gasteiger partial charge in [-0.05, 0) is 51.3 Å². The van der Waals surface area contributed by atoms with E-state index in [0.717, 1.165) is 38.3 Å². The van der Waals surface area contributed by atoms with Crippen LogP contribution in [0.2, 0.25) is 0 Å². The van der Waals surface area contributed by atoms with Gasteiger partial charge in [-0.3, -0.25) is 4.79 Å². The lowest BCUT2D eigenvalue weighted by molar-refractivity contribution is 0.0429. The normalized spacial score (nSPS) is 26.8. The van der Waals surface area contributed by atoms with Gasteiger partial charge in [0.25, 0.3) is 5.91 Å². The van der Waals surface area contributed by atoms with E-state index < -0.39 is 0 Å². The zero-order valence-corrected chi connectivity index (χ0v) is 12.2. The van der Waals surface area contributed by atoms with Crippen LogP contribution >= 0.6 is 0 Å². The number of aromatic nitrogens is 1. The Morgan fingerprint density at radius 1 is 1.35 bits per heavy atom. The topological polar surface area (TPSA) is 45.2 Å². The third-order valence-corrected chi connectivity index (χ3v) is 4.62. The van der Waals surface area contributed by atoms with Crippen molar-refractivity contribution in [1.29, 1.82) is 0 Å². The third-order valence-electron chi connectivity index (χ3n) is 4.62. The van der Waals surface area contributed by atoms with Gasteiger partial charge in [-0.15, -0.1) is 0 Å². The van der Waals surface area contributed by atoms with Crippen molar-refractivity contribution in [1.82, 2.24) is 15.2 Å². The summed E-state index contributed by atoms with van der Waals surface area (Å²) in [5, 5.41) is 3.50. The second-order valence-electron chi connectivity index (χ2n) is 6.27. The van der Waals surface area contributed by atoms with E-state index in [4.69, 9.17) is 0 Å². The van der Waals surface area contributed by atoms with Crippen LogP contribution in [-0.4, -0.2) is 42.0 Å². The minimum atomic E-state index is 0.0957. The third kappa shape index (κ3) is 2.70. The number of nitrogens with zero attached hydrogens (tertiary/aromatic N) is 2. The second kappa shape index (κ2) is 5.52. The van der Waals surface area contributed by atoms with Crippen LogP contribution in [0.1, 0.15) is 41.9 Å². The Morgan fingerprint density at radius 2 is 2.20 bits per heavy atom. The number of hydrogen-bond donors (Lipinski definition) is 1. The summed E-state index contributed by atoms with van der Waals surface area (Å²) in [6.07, 6.45) is 4.82. The molecule has 20 heavy (non-hydrogen) atoms. The van der Waals surface area contributed by atoms with Crippen molar-refractivity contribution in [3.8, 4) is 0 Å². The monoisotopic (exact) mass is 273 g/mol. The maximum absolute atomic E-state index is 12.6. The first-order valence-corrected chi connectivity index (χ1v) is 7.62. The number of aryl methyl sites for hydroxylation is 1. The van der Waals surface area contributed by atoms with E-state index in [2.05, 4.69) is 10.3 Å². The number of carbonyl (C=O) groups is 1. The van der Waals surface area contributed by atoms with Crippen LogP contribution < -0.4 is 5.32 Å². The molecule has 3 rings (SSSR count). The fraction of sp³-hybridized carbons (Fsp3) is 0.625. The molecule has 0 aromatic carbocycles. The molecule has 1 aromatic rings. The molecule has 1 aromatic heterocycles. The molecule has 2 fully saturated rings. The molecule has 0 aliphatic carbocycles. The number of piperidine rings is 2. The van der Waals surface area contributed by atoms with Crippen molar-refractivity contribution in [3.05, 3.63) is 29.6 Å². The van der Waals surface area contributed by atoms with Crippen molar-refractivity contribution < 1.29 is 4.79 Å². The van der Waals surface area contributed by atoms with Crippen molar-refractivity contribution >= 4 is 5.91 Å². The fourth-order valence-electron chi connectivity index (χ4n) is 3.58. The van der Waals surface area contributed by atoms with Crippen LogP contribution in [0.3, 0.4) is 0 Å². The largest absolute Gasteiger partial charge is 0.337 e. The summed E-state index contributed by atoms with van der Waals surface area (Å²) in [7, 11) is 0. The fourth-order valence-corrected chi connectivity index (χ4v) is 3.58. The highest BCUT2D eigenvalue weighted by Crippen LogP contribution is 2.36. The van der Waals surface area contributed by atoms with Crippen LogP contribution in [0.4, 0.5) is 0 Å². The Balaban J connectivity index is 1.74. The van der Waals surface area contributed by atoms with Gasteiger partial charge < -0.3 is 10.2 Å². The number of hydrogen-bond acceptors (Lipinski definition) is 3. The van der Waals surface area contributed by atoms with Gasteiger partial charge in [0, 0.05) is 30.7 Å². The molecule has 0 bridgehead atoms. The van der Waals surface area contributed by atoms with Gasteiger partial charge in [-0.1, -0.05) is 6.07 Å². The van der Waals surface area contributed by atoms with E-state index in [1.165, 1.54) is 19.3 Å². The highest BCUT2D eigenvalue weighted by molar-refractivity contribution is 5.92. The Bertz CT molecular complexity index is 489. The quantitative estimate of drug-likeness (QED) is 0.851. The molecule has 1 N–H and O–H groups in total. The Morgan fingerprint density at radius 3 is 2.95 bits per heavy atom. The first kappa shape index (κ1) is 13.6. The van der Waals surface area contributed by atoms with Gasteiger partial charge in [0.15, 0.2) is 0 Å². The summed E-state index contributed by atoms with van der Waals surface area (Å²) in [5.41, 5.74) is 1.79. The molecule has 2 aliphatic heterocycles. The summed E-state index contributed by atoms with van der Waals surface area (Å²) < 4.78 is 0. The molecule has 1 amide bonds. The molecule has 1 spiro atoms. The van der Waals surface area contributed by atoms with Gasteiger partial charge in [-0.2, -0.15) is 0 Å². The van der Waals surface area contributed by atoms with Crippen molar-refractivity contribution in [2.75, 3.05) is 26.2 Å². The molecule has 1 unspecified atom stereocenters. The molecule has 4 nitrogen and oxygen atoms in total. The van der Waals surface area contributed by atoms with E-state index in [9.17, 15) is 4.79 Å². The summed E-state index contributed by atoms with van der Waals surface area (Å²) >= 11 is 0. The molecule has 2 saturated heterocycles. The number of carbonyl (C=O) groups excluding carboxylic acids is 1. The number of pyridine rings is 1. The highest BCUT2D eigenvalue weighted by atomic mass is 16.2. The van der Waals surface area contributed by atoms with Crippen LogP contribution in [0, 0.1) is 12.3 Å². The number of amides is 1. The predicted molar refractivity (Wildman–Crippen MR) is 78.6 cm³/mol. The van der Waals surface area contributed by atoms with E-state index in [0.29, 0.717) is 11.1 Å². The zero-order valence-electron chi connectivity index (χ0n) is 12.2. The van der Waals surface area contributed by atoms with Crippen LogP contribution in [0.25, 0.3) is 0 Å². The summed E-state index contributed by atoms with van der Waals surface area (Å²) in [6.45, 7) is 5.86. The van der Waals surface area contributed by atoms with Gasteiger partial charge in [0.2, 0.25) is 0 Å². The number of likely N-dealkylation sites (tertiary alicyclic amines) is 1. The van der Waals surface area contributed by atoms with Gasteiger partial charge >= 0.3 is 0 Å². The van der Waals surface area contributed by atoms with Crippen molar-refractivity contribution in [3.63, 3.8) is 0 Å². The smallest absolute Gasteiger partial charge is 0.272 e. The predicted octanol–water partition coefficient (Wildman–Crippen LogP) is 2.00. The molecule has 0 radical (unpaired) electrons. The SMILES string of the molecule is Cc1cccc(C(=O)N2CCCC3(CCCNC3)C2)n1. The summed E-state index contributed by atoms with van der Waals surface area (Å²) in [4.78, 5) is 19.0.